The van der Waals surface area contributed by atoms with Crippen LogP contribution in [0, 0.1) is 6.92 Å². The Bertz CT molecular complexity index is 393. The van der Waals surface area contributed by atoms with Gasteiger partial charge < -0.3 is 10.1 Å². The maximum atomic E-state index is 12.0. The number of nitrogens with one attached hydrogen (secondary N) is 1. The molecular weight excluding hydrogens is 282 g/mol. The molecule has 1 aromatic rings. The van der Waals surface area contributed by atoms with Gasteiger partial charge in [0, 0.05) is 17.1 Å². The molecule has 94 valence electrons. The molecule has 0 saturated heterocycles. The van der Waals surface area contributed by atoms with Crippen LogP contribution in [0.4, 0.5) is 0 Å². The fourth-order valence-corrected chi connectivity index (χ4v) is 1.88. The molecule has 1 rings (SSSR count). The Kier molecular flexibility index (Phi) is 5.65. The molecular formula is C13H18BrNO2. The summed E-state index contributed by atoms with van der Waals surface area (Å²) in [6, 6.07) is 5.73. The first-order valence-corrected chi connectivity index (χ1v) is 6.48. The summed E-state index contributed by atoms with van der Waals surface area (Å²) >= 11 is 3.38. The number of amides is 1. The van der Waals surface area contributed by atoms with Crippen LogP contribution in [-0.4, -0.2) is 25.2 Å². The summed E-state index contributed by atoms with van der Waals surface area (Å²) in [4.78, 5) is 12.0. The van der Waals surface area contributed by atoms with E-state index in [-0.39, 0.29) is 11.9 Å². The molecule has 0 aliphatic carbocycles. The van der Waals surface area contributed by atoms with Crippen LogP contribution in [-0.2, 0) is 4.74 Å². The Morgan fingerprint density at radius 1 is 1.53 bits per heavy atom. The van der Waals surface area contributed by atoms with Gasteiger partial charge in [0.2, 0.25) is 0 Å². The lowest BCUT2D eigenvalue weighted by molar-refractivity contribution is 0.0871. The second-order valence-corrected chi connectivity index (χ2v) is 4.87. The standard InChI is InChI=1S/C13H18BrNO2/c1-4-17-8-10(3)15-13(16)11-7-9(2)5-6-12(11)14/h5-7,10H,4,8H2,1-3H3,(H,15,16). The van der Waals surface area contributed by atoms with E-state index in [9.17, 15) is 4.79 Å². The molecule has 3 nitrogen and oxygen atoms in total. The molecule has 0 saturated carbocycles. The van der Waals surface area contributed by atoms with Crippen molar-refractivity contribution in [2.75, 3.05) is 13.2 Å². The molecule has 1 aromatic carbocycles. The molecule has 1 amide bonds. The molecule has 1 unspecified atom stereocenters. The van der Waals surface area contributed by atoms with E-state index >= 15 is 0 Å². The number of hydrogen-bond donors (Lipinski definition) is 1. The molecule has 0 heterocycles. The number of carbonyl (C=O) groups excluding carboxylic acids is 1. The highest BCUT2D eigenvalue weighted by molar-refractivity contribution is 9.10. The molecule has 4 heteroatoms. The fourth-order valence-electron chi connectivity index (χ4n) is 1.45. The molecule has 0 aliphatic rings. The first-order valence-electron chi connectivity index (χ1n) is 5.69. The van der Waals surface area contributed by atoms with Crippen LogP contribution in [0.25, 0.3) is 0 Å². The summed E-state index contributed by atoms with van der Waals surface area (Å²) in [6.07, 6.45) is 0. The predicted molar refractivity (Wildman–Crippen MR) is 72.3 cm³/mol. The molecule has 0 aliphatic heterocycles. The third-order valence-electron chi connectivity index (χ3n) is 2.32. The van der Waals surface area contributed by atoms with Crippen LogP contribution in [0.15, 0.2) is 22.7 Å². The predicted octanol–water partition coefficient (Wildman–Crippen LogP) is 2.91. The first kappa shape index (κ1) is 14.2. The largest absolute Gasteiger partial charge is 0.380 e. The van der Waals surface area contributed by atoms with E-state index in [0.29, 0.717) is 18.8 Å². The topological polar surface area (TPSA) is 38.3 Å². The Labute approximate surface area is 111 Å². The summed E-state index contributed by atoms with van der Waals surface area (Å²) in [5, 5.41) is 2.91. The molecule has 0 radical (unpaired) electrons. The number of carbonyl (C=O) groups is 1. The number of aryl methyl sites for hydroxylation is 1. The molecule has 1 N–H and O–H groups in total. The van der Waals surface area contributed by atoms with E-state index in [2.05, 4.69) is 21.2 Å². The van der Waals surface area contributed by atoms with Gasteiger partial charge in [-0.15, -0.1) is 0 Å². The normalized spacial score (nSPS) is 12.2. The summed E-state index contributed by atoms with van der Waals surface area (Å²) in [7, 11) is 0. The molecule has 0 aromatic heterocycles. The quantitative estimate of drug-likeness (QED) is 0.908. The SMILES string of the molecule is CCOCC(C)NC(=O)c1cc(C)ccc1Br. The third kappa shape index (κ3) is 4.48. The second kappa shape index (κ2) is 6.77. The van der Waals surface area contributed by atoms with Crippen LogP contribution >= 0.6 is 15.9 Å². The van der Waals surface area contributed by atoms with Crippen molar-refractivity contribution < 1.29 is 9.53 Å². The monoisotopic (exact) mass is 299 g/mol. The Hall–Kier alpha value is -0.870. The van der Waals surface area contributed by atoms with E-state index in [1.807, 2.05) is 39.0 Å². The highest BCUT2D eigenvalue weighted by atomic mass is 79.9. The number of benzene rings is 1. The summed E-state index contributed by atoms with van der Waals surface area (Å²) in [5.74, 6) is -0.0761. The van der Waals surface area contributed by atoms with Gasteiger partial charge >= 0.3 is 0 Å². The van der Waals surface area contributed by atoms with Gasteiger partial charge in [0.15, 0.2) is 0 Å². The van der Waals surface area contributed by atoms with E-state index in [1.165, 1.54) is 0 Å². The van der Waals surface area contributed by atoms with Gasteiger partial charge in [0.05, 0.1) is 12.2 Å². The number of rotatable bonds is 5. The van der Waals surface area contributed by atoms with E-state index in [4.69, 9.17) is 4.74 Å². The minimum Gasteiger partial charge on any atom is -0.380 e. The van der Waals surface area contributed by atoms with Crippen molar-refractivity contribution in [1.29, 1.82) is 0 Å². The number of ether oxygens (including phenoxy) is 1. The van der Waals surface area contributed by atoms with Gasteiger partial charge in [-0.1, -0.05) is 11.6 Å². The molecule has 1 atom stereocenters. The van der Waals surface area contributed by atoms with E-state index < -0.39 is 0 Å². The summed E-state index contributed by atoms with van der Waals surface area (Å²) < 4.78 is 6.07. The average molecular weight is 300 g/mol. The van der Waals surface area contributed by atoms with Crippen molar-refractivity contribution in [3.8, 4) is 0 Å². The first-order chi connectivity index (χ1) is 8.04. The van der Waals surface area contributed by atoms with Crippen molar-refractivity contribution in [3.63, 3.8) is 0 Å². The minimum atomic E-state index is -0.0761. The van der Waals surface area contributed by atoms with Crippen molar-refractivity contribution in [2.45, 2.75) is 26.8 Å². The highest BCUT2D eigenvalue weighted by Crippen LogP contribution is 2.18. The van der Waals surface area contributed by atoms with Crippen molar-refractivity contribution >= 4 is 21.8 Å². The van der Waals surface area contributed by atoms with Gasteiger partial charge in [0.25, 0.3) is 5.91 Å². The van der Waals surface area contributed by atoms with Crippen molar-refractivity contribution in [3.05, 3.63) is 33.8 Å². The van der Waals surface area contributed by atoms with Crippen LogP contribution in [0.2, 0.25) is 0 Å². The summed E-state index contributed by atoms with van der Waals surface area (Å²) in [6.45, 7) is 7.02. The van der Waals surface area contributed by atoms with Gasteiger partial charge in [0.1, 0.15) is 0 Å². The van der Waals surface area contributed by atoms with Gasteiger partial charge in [-0.05, 0) is 48.8 Å². The van der Waals surface area contributed by atoms with Crippen LogP contribution in [0.5, 0.6) is 0 Å². The third-order valence-corrected chi connectivity index (χ3v) is 3.01. The summed E-state index contributed by atoms with van der Waals surface area (Å²) in [5.41, 5.74) is 1.73. The van der Waals surface area contributed by atoms with Gasteiger partial charge in [-0.25, -0.2) is 0 Å². The van der Waals surface area contributed by atoms with Gasteiger partial charge in [-0.3, -0.25) is 4.79 Å². The van der Waals surface area contributed by atoms with Gasteiger partial charge in [-0.2, -0.15) is 0 Å². The Morgan fingerprint density at radius 2 is 2.24 bits per heavy atom. The maximum Gasteiger partial charge on any atom is 0.252 e. The molecule has 0 spiro atoms. The smallest absolute Gasteiger partial charge is 0.252 e. The zero-order valence-corrected chi connectivity index (χ0v) is 12.0. The number of halogens is 1. The van der Waals surface area contributed by atoms with Crippen LogP contribution < -0.4 is 5.32 Å². The zero-order chi connectivity index (χ0) is 12.8. The van der Waals surface area contributed by atoms with Crippen LogP contribution in [0.1, 0.15) is 29.8 Å². The second-order valence-electron chi connectivity index (χ2n) is 4.02. The van der Waals surface area contributed by atoms with E-state index in [1.54, 1.807) is 0 Å². The lowest BCUT2D eigenvalue weighted by atomic mass is 10.1. The zero-order valence-electron chi connectivity index (χ0n) is 10.4. The lowest BCUT2D eigenvalue weighted by Gasteiger charge is -2.14. The molecule has 0 fully saturated rings. The van der Waals surface area contributed by atoms with Crippen LogP contribution in [0.3, 0.4) is 0 Å². The number of hydrogen-bond acceptors (Lipinski definition) is 2. The maximum absolute atomic E-state index is 12.0. The Morgan fingerprint density at radius 3 is 2.88 bits per heavy atom. The Balaban J connectivity index is 2.66. The van der Waals surface area contributed by atoms with E-state index in [0.717, 1.165) is 10.0 Å². The average Bonchev–Trinajstić information content (AvgIpc) is 2.29. The van der Waals surface area contributed by atoms with Crippen molar-refractivity contribution in [2.24, 2.45) is 0 Å². The minimum absolute atomic E-state index is 0.00913. The highest BCUT2D eigenvalue weighted by Gasteiger charge is 2.12. The molecule has 0 bridgehead atoms. The van der Waals surface area contributed by atoms with Crippen molar-refractivity contribution in [1.82, 2.24) is 5.32 Å². The lowest BCUT2D eigenvalue weighted by Crippen LogP contribution is -2.36. The fraction of sp³-hybridized carbons (Fsp3) is 0.462. The molecule has 17 heavy (non-hydrogen) atoms.